The van der Waals surface area contributed by atoms with Gasteiger partial charge in [0.25, 0.3) is 0 Å². The van der Waals surface area contributed by atoms with Crippen LogP contribution in [0.2, 0.25) is 0 Å². The van der Waals surface area contributed by atoms with Gasteiger partial charge in [0.05, 0.1) is 11.1 Å². The Balaban J connectivity index is 1.39. The summed E-state index contributed by atoms with van der Waals surface area (Å²) in [6.45, 7) is 3.82. The van der Waals surface area contributed by atoms with Gasteiger partial charge in [0.15, 0.2) is 0 Å². The molecule has 30 heavy (non-hydrogen) atoms. The van der Waals surface area contributed by atoms with E-state index in [1.165, 1.54) is 68.3 Å². The van der Waals surface area contributed by atoms with Crippen molar-refractivity contribution in [2.24, 2.45) is 28.9 Å². The maximum absolute atomic E-state index is 6.32. The van der Waals surface area contributed by atoms with E-state index in [9.17, 15) is 0 Å². The van der Waals surface area contributed by atoms with E-state index >= 15 is 0 Å². The molecule has 0 heterocycles. The van der Waals surface area contributed by atoms with E-state index in [4.69, 9.17) is 22.7 Å². The molecule has 1 aromatic rings. The lowest BCUT2D eigenvalue weighted by atomic mass is 9.42. The molecule has 164 valence electrons. The molecule has 6 rings (SSSR count). The van der Waals surface area contributed by atoms with Gasteiger partial charge in [-0.1, -0.05) is 42.5 Å². The lowest BCUT2D eigenvalue weighted by Gasteiger charge is -2.65. The molecule has 0 aliphatic heterocycles. The summed E-state index contributed by atoms with van der Waals surface area (Å²) >= 11 is 6.21. The second kappa shape index (κ2) is 8.18. The van der Waals surface area contributed by atoms with Crippen molar-refractivity contribution in [3.63, 3.8) is 0 Å². The van der Waals surface area contributed by atoms with Crippen LogP contribution < -0.4 is 11.1 Å². The minimum atomic E-state index is 0.162. The SMILES string of the molecule is CCOC1C2CC3(C(=S)N[C@H]4CC[C@H](CN)CC4)CC1CC(c1ccccc1)(C2)C3. The Morgan fingerprint density at radius 1 is 1.07 bits per heavy atom. The largest absolute Gasteiger partial charge is 0.378 e. The van der Waals surface area contributed by atoms with Crippen LogP contribution in [0.4, 0.5) is 0 Å². The van der Waals surface area contributed by atoms with Crippen LogP contribution in [0.5, 0.6) is 0 Å². The third-order valence-electron chi connectivity index (χ3n) is 8.96. The van der Waals surface area contributed by atoms with Crippen LogP contribution >= 0.6 is 12.2 Å². The first-order valence-electron chi connectivity index (χ1n) is 12.3. The Morgan fingerprint density at radius 2 is 1.73 bits per heavy atom. The van der Waals surface area contributed by atoms with Crippen molar-refractivity contribution in [2.45, 2.75) is 82.3 Å². The number of ether oxygens (including phenoxy) is 1. The lowest BCUT2D eigenvalue weighted by molar-refractivity contribution is -0.148. The fourth-order valence-electron chi connectivity index (χ4n) is 7.85. The van der Waals surface area contributed by atoms with Crippen molar-refractivity contribution in [1.29, 1.82) is 0 Å². The fourth-order valence-corrected chi connectivity index (χ4v) is 8.25. The van der Waals surface area contributed by atoms with Crippen molar-refractivity contribution >= 4 is 17.2 Å². The van der Waals surface area contributed by atoms with Crippen LogP contribution in [0, 0.1) is 23.2 Å². The van der Waals surface area contributed by atoms with Gasteiger partial charge in [-0.15, -0.1) is 0 Å². The van der Waals surface area contributed by atoms with Crippen LogP contribution in [0.15, 0.2) is 30.3 Å². The van der Waals surface area contributed by atoms with Gasteiger partial charge in [0, 0.05) is 18.1 Å². The van der Waals surface area contributed by atoms with Crippen LogP contribution in [0.3, 0.4) is 0 Å². The number of nitrogens with one attached hydrogen (secondary N) is 1. The minimum absolute atomic E-state index is 0.162. The average molecular weight is 427 g/mol. The van der Waals surface area contributed by atoms with Gasteiger partial charge in [-0.05, 0) is 100.0 Å². The maximum atomic E-state index is 6.32. The molecule has 2 unspecified atom stereocenters. The van der Waals surface area contributed by atoms with E-state index in [1.807, 2.05) is 0 Å². The zero-order chi connectivity index (χ0) is 20.8. The van der Waals surface area contributed by atoms with Gasteiger partial charge >= 0.3 is 0 Å². The summed E-state index contributed by atoms with van der Waals surface area (Å²) in [5, 5.41) is 3.89. The summed E-state index contributed by atoms with van der Waals surface area (Å²) in [5.41, 5.74) is 7.88. The van der Waals surface area contributed by atoms with E-state index in [-0.39, 0.29) is 10.8 Å². The summed E-state index contributed by atoms with van der Waals surface area (Å²) in [5.74, 6) is 1.99. The first-order valence-corrected chi connectivity index (χ1v) is 12.7. The zero-order valence-corrected chi connectivity index (χ0v) is 19.3. The number of benzene rings is 1. The van der Waals surface area contributed by atoms with Crippen molar-refractivity contribution in [3.05, 3.63) is 35.9 Å². The number of hydrogen-bond acceptors (Lipinski definition) is 3. The Hall–Kier alpha value is -0.970. The molecule has 4 heteroatoms. The van der Waals surface area contributed by atoms with Crippen molar-refractivity contribution in [1.82, 2.24) is 5.32 Å². The summed E-state index contributed by atoms with van der Waals surface area (Å²) < 4.78 is 6.32. The van der Waals surface area contributed by atoms with Crippen molar-refractivity contribution in [2.75, 3.05) is 13.2 Å². The maximum Gasteiger partial charge on any atom is 0.0818 e. The quantitative estimate of drug-likeness (QED) is 0.630. The molecule has 5 saturated carbocycles. The number of nitrogens with two attached hydrogens (primary N) is 1. The molecular formula is C26H38N2OS. The molecule has 0 radical (unpaired) electrons. The average Bonchev–Trinajstić information content (AvgIpc) is 2.77. The summed E-state index contributed by atoms with van der Waals surface area (Å²) in [7, 11) is 0. The normalized spacial score (nSPS) is 42.3. The van der Waals surface area contributed by atoms with Crippen LogP contribution in [-0.4, -0.2) is 30.3 Å². The van der Waals surface area contributed by atoms with E-state index in [0.29, 0.717) is 29.9 Å². The molecule has 0 aromatic heterocycles. The molecule has 3 nitrogen and oxygen atoms in total. The second-order valence-corrected chi connectivity index (χ2v) is 11.2. The van der Waals surface area contributed by atoms with E-state index in [1.54, 1.807) is 0 Å². The number of thiocarbonyl (C=S) groups is 1. The molecular weight excluding hydrogens is 388 g/mol. The standard InChI is InChI=1S/C26H38N2OS/c1-2-29-23-19-12-25(21-6-4-3-5-7-21)13-20(23)15-26(14-19,17-25)24(30)28-22-10-8-18(16-27)9-11-22/h3-7,18-20,22-23H,2,8-17,27H2,1H3,(H,28,30)/t18-,19?,20?,22-,23?,25?,26?. The summed E-state index contributed by atoms with van der Waals surface area (Å²) in [6, 6.07) is 11.8. The second-order valence-electron chi connectivity index (χ2n) is 10.8. The first-order chi connectivity index (χ1) is 14.6. The third kappa shape index (κ3) is 3.53. The van der Waals surface area contributed by atoms with Gasteiger partial charge in [-0.3, -0.25) is 0 Å². The molecule has 0 amide bonds. The highest BCUT2D eigenvalue weighted by molar-refractivity contribution is 7.80. The first kappa shape index (κ1) is 20.9. The molecule has 2 atom stereocenters. The van der Waals surface area contributed by atoms with Gasteiger partial charge in [-0.25, -0.2) is 0 Å². The van der Waals surface area contributed by atoms with Crippen molar-refractivity contribution in [3.8, 4) is 0 Å². The molecule has 5 aliphatic rings. The molecule has 3 N–H and O–H groups in total. The summed E-state index contributed by atoms with van der Waals surface area (Å²) in [6.07, 6.45) is 11.5. The highest BCUT2D eigenvalue weighted by Crippen LogP contribution is 2.66. The van der Waals surface area contributed by atoms with Crippen LogP contribution in [-0.2, 0) is 10.2 Å². The Morgan fingerprint density at radius 3 is 2.33 bits per heavy atom. The minimum Gasteiger partial charge on any atom is -0.378 e. The molecule has 0 spiro atoms. The van der Waals surface area contributed by atoms with E-state index < -0.39 is 0 Å². The predicted octanol–water partition coefficient (Wildman–Crippen LogP) is 4.97. The topological polar surface area (TPSA) is 47.3 Å². The highest BCUT2D eigenvalue weighted by atomic mass is 32.1. The van der Waals surface area contributed by atoms with Crippen LogP contribution in [0.25, 0.3) is 0 Å². The molecule has 0 saturated heterocycles. The Labute approximate surface area is 187 Å². The number of hydrogen-bond donors (Lipinski definition) is 2. The Bertz CT molecular complexity index is 742. The fraction of sp³-hybridized carbons (Fsp3) is 0.731. The molecule has 1 aromatic carbocycles. The van der Waals surface area contributed by atoms with E-state index in [2.05, 4.69) is 42.6 Å². The van der Waals surface area contributed by atoms with Gasteiger partial charge < -0.3 is 15.8 Å². The highest BCUT2D eigenvalue weighted by Gasteiger charge is 2.63. The predicted molar refractivity (Wildman–Crippen MR) is 127 cm³/mol. The molecule has 4 bridgehead atoms. The Kier molecular flexibility index (Phi) is 5.70. The third-order valence-corrected chi connectivity index (χ3v) is 9.51. The smallest absolute Gasteiger partial charge is 0.0818 e. The zero-order valence-electron chi connectivity index (χ0n) is 18.4. The number of rotatable bonds is 6. The molecule has 5 aliphatic carbocycles. The van der Waals surface area contributed by atoms with Gasteiger partial charge in [0.2, 0.25) is 0 Å². The summed E-state index contributed by atoms with van der Waals surface area (Å²) in [4.78, 5) is 1.17. The van der Waals surface area contributed by atoms with Gasteiger partial charge in [0.1, 0.15) is 0 Å². The van der Waals surface area contributed by atoms with Crippen molar-refractivity contribution < 1.29 is 4.74 Å². The lowest BCUT2D eigenvalue weighted by Crippen LogP contribution is -2.64. The monoisotopic (exact) mass is 426 g/mol. The van der Waals surface area contributed by atoms with Gasteiger partial charge in [-0.2, -0.15) is 0 Å². The van der Waals surface area contributed by atoms with E-state index in [0.717, 1.165) is 13.2 Å². The van der Waals surface area contributed by atoms with Crippen LogP contribution in [0.1, 0.15) is 70.3 Å². The molecule has 5 fully saturated rings.